The zero-order valence-electron chi connectivity index (χ0n) is 19.5. The van der Waals surface area contributed by atoms with Crippen LogP contribution in [0.2, 0.25) is 0 Å². The second kappa shape index (κ2) is 10.6. The molecule has 0 bridgehead atoms. The van der Waals surface area contributed by atoms with Crippen LogP contribution >= 0.6 is 0 Å². The number of benzene rings is 2. The van der Waals surface area contributed by atoms with Crippen LogP contribution in [0, 0.1) is 11.6 Å². The van der Waals surface area contributed by atoms with Gasteiger partial charge in [-0.25, -0.2) is 8.78 Å². The molecule has 3 heterocycles. The topological polar surface area (TPSA) is 83.6 Å². The van der Waals surface area contributed by atoms with Crippen molar-refractivity contribution in [3.8, 4) is 0 Å². The van der Waals surface area contributed by atoms with E-state index in [2.05, 4.69) is 29.7 Å². The van der Waals surface area contributed by atoms with E-state index in [4.69, 9.17) is 10.5 Å². The maximum Gasteiger partial charge on any atom is 0.230 e. The molecular formula is C25H29F2N7O. The summed E-state index contributed by atoms with van der Waals surface area (Å²) in [5.74, 6) is 0.931. The molecule has 2 aromatic carbocycles. The smallest absolute Gasteiger partial charge is 0.230 e. The van der Waals surface area contributed by atoms with Crippen LogP contribution in [0.25, 0.3) is 0 Å². The monoisotopic (exact) mass is 481 g/mol. The van der Waals surface area contributed by atoms with Crippen molar-refractivity contribution in [1.29, 1.82) is 0 Å². The molecule has 1 aromatic heterocycles. The first-order chi connectivity index (χ1) is 17.0. The number of aromatic nitrogens is 3. The maximum absolute atomic E-state index is 13.6. The third-order valence-electron chi connectivity index (χ3n) is 6.49. The summed E-state index contributed by atoms with van der Waals surface area (Å²) in [6, 6.07) is 13.0. The highest BCUT2D eigenvalue weighted by atomic mass is 19.1. The van der Waals surface area contributed by atoms with E-state index in [-0.39, 0.29) is 23.6 Å². The summed E-state index contributed by atoms with van der Waals surface area (Å²) in [6.07, 6.45) is 0. The minimum atomic E-state index is -0.274. The molecule has 2 aliphatic heterocycles. The van der Waals surface area contributed by atoms with E-state index in [1.54, 1.807) is 24.3 Å². The number of nitrogens with zero attached hydrogens (tertiary/aromatic N) is 6. The Hall–Kier alpha value is -3.21. The second-order valence-electron chi connectivity index (χ2n) is 8.83. The van der Waals surface area contributed by atoms with Gasteiger partial charge in [0.1, 0.15) is 17.5 Å². The Morgan fingerprint density at radius 3 is 1.91 bits per heavy atom. The van der Waals surface area contributed by atoms with E-state index in [1.165, 1.54) is 24.3 Å². The number of nitrogens with two attached hydrogens (primary N) is 1. The van der Waals surface area contributed by atoms with E-state index in [9.17, 15) is 8.78 Å². The first-order valence-electron chi connectivity index (χ1n) is 11.9. The molecule has 35 heavy (non-hydrogen) atoms. The fraction of sp³-hybridized carbons (Fsp3) is 0.400. The highest BCUT2D eigenvalue weighted by molar-refractivity contribution is 5.35. The van der Waals surface area contributed by atoms with E-state index in [1.807, 2.05) is 0 Å². The molecule has 2 saturated heterocycles. The van der Waals surface area contributed by atoms with Crippen LogP contribution in [0.4, 0.5) is 20.7 Å². The number of morpholine rings is 1. The van der Waals surface area contributed by atoms with Crippen molar-refractivity contribution >= 4 is 11.9 Å². The quantitative estimate of drug-likeness (QED) is 0.575. The van der Waals surface area contributed by atoms with Crippen LogP contribution in [0.15, 0.2) is 48.5 Å². The average molecular weight is 482 g/mol. The first-order valence-corrected chi connectivity index (χ1v) is 11.9. The Morgan fingerprint density at radius 1 is 0.771 bits per heavy atom. The Balaban J connectivity index is 1.28. The molecule has 2 fully saturated rings. The van der Waals surface area contributed by atoms with Crippen molar-refractivity contribution in [2.24, 2.45) is 0 Å². The Bertz CT molecular complexity index is 1070. The van der Waals surface area contributed by atoms with Crippen molar-refractivity contribution < 1.29 is 13.5 Å². The molecule has 10 heteroatoms. The molecule has 3 aromatic rings. The number of hydrogen-bond acceptors (Lipinski definition) is 8. The fourth-order valence-electron chi connectivity index (χ4n) is 4.68. The molecule has 2 N–H and O–H groups in total. The van der Waals surface area contributed by atoms with E-state index < -0.39 is 0 Å². The highest BCUT2D eigenvalue weighted by Crippen LogP contribution is 2.30. The normalized spacial score (nSPS) is 17.7. The molecule has 2 aliphatic rings. The fourth-order valence-corrected chi connectivity index (χ4v) is 4.68. The third kappa shape index (κ3) is 5.72. The number of nitrogen functional groups attached to an aromatic ring is 1. The zero-order valence-corrected chi connectivity index (χ0v) is 19.5. The molecular weight excluding hydrogens is 452 g/mol. The largest absolute Gasteiger partial charge is 0.378 e. The summed E-state index contributed by atoms with van der Waals surface area (Å²) in [5.41, 5.74) is 7.94. The van der Waals surface area contributed by atoms with Gasteiger partial charge in [-0.3, -0.25) is 9.80 Å². The molecule has 184 valence electrons. The maximum atomic E-state index is 13.6. The van der Waals surface area contributed by atoms with Gasteiger partial charge >= 0.3 is 0 Å². The van der Waals surface area contributed by atoms with Gasteiger partial charge in [0.25, 0.3) is 0 Å². The van der Waals surface area contributed by atoms with Crippen molar-refractivity contribution in [2.45, 2.75) is 12.6 Å². The molecule has 0 spiro atoms. The number of anilines is 2. The molecule has 0 aliphatic carbocycles. The van der Waals surface area contributed by atoms with E-state index in [0.717, 1.165) is 50.4 Å². The van der Waals surface area contributed by atoms with Crippen LogP contribution < -0.4 is 10.6 Å². The molecule has 0 atom stereocenters. The van der Waals surface area contributed by atoms with Gasteiger partial charge in [0.05, 0.1) is 25.8 Å². The molecule has 8 nitrogen and oxygen atoms in total. The SMILES string of the molecule is Nc1nc(CN2CCN(C(c3ccc(F)cc3)c3ccc(F)cc3)CC2)nc(N2CCOCC2)n1. The van der Waals surface area contributed by atoms with E-state index in [0.29, 0.717) is 31.5 Å². The summed E-state index contributed by atoms with van der Waals surface area (Å²) >= 11 is 0. The first kappa shape index (κ1) is 23.5. The van der Waals surface area contributed by atoms with Crippen molar-refractivity contribution in [3.05, 3.63) is 77.1 Å². The summed E-state index contributed by atoms with van der Waals surface area (Å²) in [4.78, 5) is 20.0. The predicted octanol–water partition coefficient (Wildman–Crippen LogP) is 2.48. The Labute approximate surface area is 203 Å². The minimum Gasteiger partial charge on any atom is -0.378 e. The molecule has 5 rings (SSSR count). The summed E-state index contributed by atoms with van der Waals surface area (Å²) in [7, 11) is 0. The Morgan fingerprint density at radius 2 is 1.34 bits per heavy atom. The zero-order chi connectivity index (χ0) is 24.2. The molecule has 0 radical (unpaired) electrons. The van der Waals surface area contributed by atoms with Crippen molar-refractivity contribution in [2.75, 3.05) is 63.1 Å². The van der Waals surface area contributed by atoms with Gasteiger partial charge in [-0.2, -0.15) is 15.0 Å². The summed E-state index contributed by atoms with van der Waals surface area (Å²) in [6.45, 7) is 6.51. The van der Waals surface area contributed by atoms with Crippen LogP contribution in [0.5, 0.6) is 0 Å². The predicted molar refractivity (Wildman–Crippen MR) is 129 cm³/mol. The van der Waals surface area contributed by atoms with Crippen LogP contribution in [0.3, 0.4) is 0 Å². The number of rotatable bonds is 6. The summed E-state index contributed by atoms with van der Waals surface area (Å²) in [5, 5.41) is 0. The average Bonchev–Trinajstić information content (AvgIpc) is 2.88. The van der Waals surface area contributed by atoms with Crippen LogP contribution in [0.1, 0.15) is 23.0 Å². The van der Waals surface area contributed by atoms with Gasteiger partial charge in [-0.1, -0.05) is 24.3 Å². The minimum absolute atomic E-state index is 0.0842. The highest BCUT2D eigenvalue weighted by Gasteiger charge is 2.27. The lowest BCUT2D eigenvalue weighted by Gasteiger charge is -2.39. The molecule has 0 amide bonds. The second-order valence-corrected chi connectivity index (χ2v) is 8.83. The lowest BCUT2D eigenvalue weighted by Crippen LogP contribution is -2.47. The lowest BCUT2D eigenvalue weighted by molar-refractivity contribution is 0.103. The number of hydrogen-bond donors (Lipinski definition) is 1. The third-order valence-corrected chi connectivity index (χ3v) is 6.49. The van der Waals surface area contributed by atoms with Gasteiger partial charge in [-0.15, -0.1) is 0 Å². The molecule has 0 saturated carbocycles. The summed E-state index contributed by atoms with van der Waals surface area (Å²) < 4.78 is 32.6. The molecule has 0 unspecified atom stereocenters. The Kier molecular flexibility index (Phi) is 7.12. The van der Waals surface area contributed by atoms with Gasteiger partial charge in [0.2, 0.25) is 11.9 Å². The van der Waals surface area contributed by atoms with Gasteiger partial charge in [0.15, 0.2) is 0 Å². The lowest BCUT2D eigenvalue weighted by atomic mass is 9.96. The van der Waals surface area contributed by atoms with Crippen LogP contribution in [-0.4, -0.2) is 77.2 Å². The standard InChI is InChI=1S/C25H29F2N7O/c26-20-5-1-18(2-6-20)23(19-3-7-21(27)8-4-19)33-11-9-32(10-12-33)17-22-29-24(28)31-25(30-22)34-13-15-35-16-14-34/h1-8,23H,9-17H2,(H2,28,29,30,31). The number of piperazine rings is 1. The van der Waals surface area contributed by atoms with Crippen LogP contribution in [-0.2, 0) is 11.3 Å². The van der Waals surface area contributed by atoms with Gasteiger partial charge in [-0.05, 0) is 35.4 Å². The number of ether oxygens (including phenoxy) is 1. The van der Waals surface area contributed by atoms with Gasteiger partial charge in [0, 0.05) is 39.3 Å². The number of halogens is 2. The van der Waals surface area contributed by atoms with Crippen molar-refractivity contribution in [3.63, 3.8) is 0 Å². The van der Waals surface area contributed by atoms with Crippen molar-refractivity contribution in [1.82, 2.24) is 24.8 Å². The van der Waals surface area contributed by atoms with Gasteiger partial charge < -0.3 is 15.4 Å². The van der Waals surface area contributed by atoms with E-state index >= 15 is 0 Å².